The molecule has 0 bridgehead atoms. The Morgan fingerprint density at radius 3 is 2.24 bits per heavy atom. The normalized spacial score (nSPS) is 19.8. The van der Waals surface area contributed by atoms with Gasteiger partial charge in [0.2, 0.25) is 5.91 Å². The fourth-order valence-corrected chi connectivity index (χ4v) is 4.62. The molecule has 1 heterocycles. The first-order valence-corrected chi connectivity index (χ1v) is 10.7. The van der Waals surface area contributed by atoms with E-state index in [0.29, 0.717) is 12.1 Å². The van der Waals surface area contributed by atoms with Crippen LogP contribution in [-0.4, -0.2) is 49.0 Å². The van der Waals surface area contributed by atoms with Crippen molar-refractivity contribution >= 4 is 35.8 Å². The first-order valence-electron chi connectivity index (χ1n) is 10.7. The molecular formula is C22H36IN5O. The van der Waals surface area contributed by atoms with Crippen LogP contribution in [0.15, 0.2) is 29.3 Å². The molecular weight excluding hydrogens is 477 g/mol. The summed E-state index contributed by atoms with van der Waals surface area (Å²) in [5.74, 6) is 0.438. The number of nitrogens with one attached hydrogen (secondary N) is 2. The zero-order valence-electron chi connectivity index (χ0n) is 17.6. The van der Waals surface area contributed by atoms with Gasteiger partial charge in [-0.05, 0) is 56.5 Å². The number of halogens is 1. The van der Waals surface area contributed by atoms with E-state index in [2.05, 4.69) is 20.5 Å². The van der Waals surface area contributed by atoms with E-state index in [0.717, 1.165) is 18.1 Å². The van der Waals surface area contributed by atoms with Crippen LogP contribution in [0.25, 0.3) is 0 Å². The highest BCUT2D eigenvalue weighted by Gasteiger charge is 2.38. The van der Waals surface area contributed by atoms with E-state index in [1.54, 1.807) is 12.1 Å². The topological polar surface area (TPSA) is 82.7 Å². The zero-order chi connectivity index (χ0) is 19.8. The van der Waals surface area contributed by atoms with Crippen LogP contribution in [0.1, 0.15) is 67.3 Å². The van der Waals surface area contributed by atoms with Gasteiger partial charge in [-0.15, -0.1) is 24.0 Å². The quantitative estimate of drug-likeness (QED) is 0.310. The van der Waals surface area contributed by atoms with Gasteiger partial charge in [-0.25, -0.2) is 0 Å². The minimum absolute atomic E-state index is 0. The Labute approximate surface area is 192 Å². The van der Waals surface area contributed by atoms with Gasteiger partial charge in [-0.1, -0.05) is 37.8 Å². The van der Waals surface area contributed by atoms with Crippen molar-refractivity contribution in [2.45, 2.75) is 63.5 Å². The van der Waals surface area contributed by atoms with Gasteiger partial charge in [0.1, 0.15) is 0 Å². The molecule has 0 atom stereocenters. The number of nitrogens with two attached hydrogens (primary N) is 1. The second-order valence-electron chi connectivity index (χ2n) is 8.17. The molecule has 4 N–H and O–H groups in total. The third-order valence-corrected chi connectivity index (χ3v) is 6.32. The molecule has 2 fully saturated rings. The van der Waals surface area contributed by atoms with Gasteiger partial charge in [0.25, 0.3) is 0 Å². The molecule has 0 spiro atoms. The van der Waals surface area contributed by atoms with E-state index >= 15 is 0 Å². The molecule has 1 aromatic rings. The van der Waals surface area contributed by atoms with Crippen molar-refractivity contribution in [2.75, 3.05) is 26.7 Å². The van der Waals surface area contributed by atoms with Crippen molar-refractivity contribution in [3.63, 3.8) is 0 Å². The summed E-state index contributed by atoms with van der Waals surface area (Å²) in [5, 5.41) is 7.00. The van der Waals surface area contributed by atoms with Crippen LogP contribution in [0.4, 0.5) is 0 Å². The van der Waals surface area contributed by atoms with E-state index < -0.39 is 5.91 Å². The van der Waals surface area contributed by atoms with Crippen LogP contribution in [0.3, 0.4) is 0 Å². The van der Waals surface area contributed by atoms with Crippen molar-refractivity contribution in [1.29, 1.82) is 0 Å². The number of hydrogen-bond acceptors (Lipinski definition) is 3. The number of carbonyl (C=O) groups is 1. The van der Waals surface area contributed by atoms with Gasteiger partial charge >= 0.3 is 0 Å². The third kappa shape index (κ3) is 6.57. The van der Waals surface area contributed by atoms with Crippen molar-refractivity contribution in [3.05, 3.63) is 35.4 Å². The lowest BCUT2D eigenvalue weighted by Gasteiger charge is -2.48. The first kappa shape index (κ1) is 23.9. The summed E-state index contributed by atoms with van der Waals surface area (Å²) in [6.07, 6.45) is 10.6. The molecule has 6 nitrogen and oxygen atoms in total. The molecule has 1 aromatic carbocycles. The number of rotatable bonds is 6. The van der Waals surface area contributed by atoms with Crippen LogP contribution in [-0.2, 0) is 6.54 Å². The molecule has 0 aromatic heterocycles. The summed E-state index contributed by atoms with van der Waals surface area (Å²) in [5.41, 5.74) is 7.21. The number of benzene rings is 1. The Morgan fingerprint density at radius 1 is 1.03 bits per heavy atom. The molecule has 1 aliphatic heterocycles. The lowest BCUT2D eigenvalue weighted by Crippen LogP contribution is -2.59. The predicted molar refractivity (Wildman–Crippen MR) is 130 cm³/mol. The maximum absolute atomic E-state index is 11.2. The van der Waals surface area contributed by atoms with Gasteiger partial charge in [-0.3, -0.25) is 14.7 Å². The molecule has 0 unspecified atom stereocenters. The van der Waals surface area contributed by atoms with Gasteiger partial charge in [-0.2, -0.15) is 0 Å². The number of guanidine groups is 1. The number of carbonyl (C=O) groups excluding carboxylic acids is 1. The van der Waals surface area contributed by atoms with Crippen molar-refractivity contribution in [3.8, 4) is 0 Å². The molecule has 1 saturated carbocycles. The van der Waals surface area contributed by atoms with Crippen molar-refractivity contribution in [1.82, 2.24) is 15.5 Å². The molecule has 1 amide bonds. The Balaban J connectivity index is 0.00000300. The van der Waals surface area contributed by atoms with E-state index in [9.17, 15) is 4.79 Å². The van der Waals surface area contributed by atoms with Gasteiger partial charge in [0.15, 0.2) is 5.96 Å². The largest absolute Gasteiger partial charge is 0.366 e. The zero-order valence-corrected chi connectivity index (χ0v) is 19.9. The molecule has 29 heavy (non-hydrogen) atoms. The Morgan fingerprint density at radius 2 is 1.66 bits per heavy atom. The highest BCUT2D eigenvalue weighted by Crippen LogP contribution is 2.35. The maximum Gasteiger partial charge on any atom is 0.248 e. The summed E-state index contributed by atoms with van der Waals surface area (Å²) in [6, 6.07) is 7.39. The number of piperidine rings is 1. The minimum Gasteiger partial charge on any atom is -0.366 e. The van der Waals surface area contributed by atoms with E-state index in [4.69, 9.17) is 5.73 Å². The van der Waals surface area contributed by atoms with E-state index in [1.807, 2.05) is 19.2 Å². The Bertz CT molecular complexity index is 664. The van der Waals surface area contributed by atoms with Crippen LogP contribution < -0.4 is 16.4 Å². The van der Waals surface area contributed by atoms with Gasteiger partial charge in [0, 0.05) is 31.2 Å². The average molecular weight is 513 g/mol. The van der Waals surface area contributed by atoms with E-state index in [1.165, 1.54) is 64.5 Å². The molecule has 7 heteroatoms. The Hall–Kier alpha value is -1.35. The molecule has 1 saturated heterocycles. The average Bonchev–Trinajstić information content (AvgIpc) is 2.75. The fourth-order valence-electron chi connectivity index (χ4n) is 4.62. The first-order chi connectivity index (χ1) is 13.6. The number of likely N-dealkylation sites (tertiary alicyclic amines) is 1. The summed E-state index contributed by atoms with van der Waals surface area (Å²) in [4.78, 5) is 18.4. The molecule has 3 rings (SSSR count). The number of primary amides is 1. The highest BCUT2D eigenvalue weighted by atomic mass is 127. The summed E-state index contributed by atoms with van der Waals surface area (Å²) >= 11 is 0. The second-order valence-corrected chi connectivity index (χ2v) is 8.17. The predicted octanol–water partition coefficient (Wildman–Crippen LogP) is 3.26. The summed E-state index contributed by atoms with van der Waals surface area (Å²) in [6.45, 7) is 4.09. The smallest absolute Gasteiger partial charge is 0.248 e. The number of aliphatic imine (C=N–C) groups is 1. The standard InChI is InChI=1S/C22H35N5O.HI/c1-24-21(25-16-18-8-10-19(11-9-18)20(23)28)26-17-22(12-4-2-5-13-22)27-14-6-3-7-15-27;/h8-11H,2-7,12-17H2,1H3,(H2,23,28)(H2,24,25,26);1H. The number of amides is 1. The fraction of sp³-hybridized carbons (Fsp3) is 0.636. The molecule has 162 valence electrons. The van der Waals surface area contributed by atoms with Crippen molar-refractivity contribution < 1.29 is 4.79 Å². The van der Waals surface area contributed by atoms with Gasteiger partial charge < -0.3 is 16.4 Å². The lowest BCUT2D eigenvalue weighted by molar-refractivity contribution is 0.0368. The molecule has 2 aliphatic rings. The van der Waals surface area contributed by atoms with E-state index in [-0.39, 0.29) is 29.5 Å². The van der Waals surface area contributed by atoms with Crippen molar-refractivity contribution in [2.24, 2.45) is 10.7 Å². The van der Waals surface area contributed by atoms with Crippen LogP contribution in [0.2, 0.25) is 0 Å². The van der Waals surface area contributed by atoms with Crippen LogP contribution >= 0.6 is 24.0 Å². The SMILES string of the molecule is CN=C(NCc1ccc(C(N)=O)cc1)NCC1(N2CCCCC2)CCCCC1.I. The monoisotopic (exact) mass is 513 g/mol. The number of hydrogen-bond donors (Lipinski definition) is 3. The maximum atomic E-state index is 11.2. The van der Waals surface area contributed by atoms with Gasteiger partial charge in [0.05, 0.1) is 0 Å². The summed E-state index contributed by atoms with van der Waals surface area (Å²) < 4.78 is 0. The molecule has 1 aliphatic carbocycles. The third-order valence-electron chi connectivity index (χ3n) is 6.32. The highest BCUT2D eigenvalue weighted by molar-refractivity contribution is 14.0. The number of nitrogens with zero attached hydrogens (tertiary/aromatic N) is 2. The van der Waals surface area contributed by atoms with Crippen LogP contribution in [0, 0.1) is 0 Å². The lowest BCUT2D eigenvalue weighted by atomic mass is 9.79. The minimum atomic E-state index is -0.396. The second kappa shape index (κ2) is 11.7. The summed E-state index contributed by atoms with van der Waals surface area (Å²) in [7, 11) is 1.82. The van der Waals surface area contributed by atoms with Crippen LogP contribution in [0.5, 0.6) is 0 Å². The molecule has 0 radical (unpaired) electrons. The Kier molecular flexibility index (Phi) is 9.68.